The molecule has 0 saturated carbocycles. The number of halogens is 2. The molecule has 1 N–H and O–H groups in total. The fraction of sp³-hybridized carbons (Fsp3) is 0.500. The molecule has 1 rings (SSSR count). The maximum absolute atomic E-state index is 12.1. The van der Waals surface area contributed by atoms with Crippen LogP contribution in [0.5, 0.6) is 5.75 Å². The second kappa shape index (κ2) is 7.16. The summed E-state index contributed by atoms with van der Waals surface area (Å²) in [6.45, 7) is 7.76. The molecule has 112 valence electrons. The van der Waals surface area contributed by atoms with Gasteiger partial charge in [-0.2, -0.15) is 0 Å². The zero-order chi connectivity index (χ0) is 15.3. The summed E-state index contributed by atoms with van der Waals surface area (Å²) in [6.07, 6.45) is -1.05. The number of carbonyl (C=O) groups excluding carboxylic acids is 1. The van der Waals surface area contributed by atoms with E-state index in [1.807, 2.05) is 20.8 Å². The molecule has 0 aliphatic rings. The molecule has 1 unspecified atom stereocenters. The lowest BCUT2D eigenvalue weighted by Crippen LogP contribution is -2.48. The predicted octanol–water partition coefficient (Wildman–Crippen LogP) is 3.65. The molecule has 1 aromatic carbocycles. The van der Waals surface area contributed by atoms with Crippen molar-refractivity contribution in [1.29, 1.82) is 0 Å². The Labute approximate surface area is 129 Å². The van der Waals surface area contributed by atoms with Crippen LogP contribution >= 0.6 is 23.2 Å². The Morgan fingerprint density at radius 3 is 2.25 bits per heavy atom. The van der Waals surface area contributed by atoms with E-state index in [1.165, 1.54) is 0 Å². The molecule has 0 aromatic heterocycles. The van der Waals surface area contributed by atoms with Gasteiger partial charge in [0.2, 0.25) is 0 Å². The summed E-state index contributed by atoms with van der Waals surface area (Å²) < 4.78 is 10.8. The third kappa shape index (κ3) is 5.99. The molecular weight excluding hydrogens is 301 g/mol. The SMILES string of the molecule is CCOC(Oc1cc(Cl)cc(Cl)c1)C(=O)NC(C)(C)C. The van der Waals surface area contributed by atoms with E-state index in [9.17, 15) is 4.79 Å². The van der Waals surface area contributed by atoms with Crippen molar-refractivity contribution in [3.63, 3.8) is 0 Å². The Morgan fingerprint density at radius 1 is 1.25 bits per heavy atom. The van der Waals surface area contributed by atoms with Gasteiger partial charge in [0, 0.05) is 22.2 Å². The van der Waals surface area contributed by atoms with Crippen molar-refractivity contribution in [1.82, 2.24) is 5.32 Å². The fourth-order valence-electron chi connectivity index (χ4n) is 1.46. The second-order valence-electron chi connectivity index (χ2n) is 5.25. The van der Waals surface area contributed by atoms with Gasteiger partial charge in [-0.25, -0.2) is 0 Å². The number of amides is 1. The van der Waals surface area contributed by atoms with E-state index in [-0.39, 0.29) is 11.4 Å². The number of ether oxygens (including phenoxy) is 2. The van der Waals surface area contributed by atoms with E-state index in [2.05, 4.69) is 5.32 Å². The Kier molecular flexibility index (Phi) is 6.11. The number of rotatable bonds is 5. The number of nitrogens with one attached hydrogen (secondary N) is 1. The van der Waals surface area contributed by atoms with Crippen LogP contribution in [0, 0.1) is 0 Å². The number of carbonyl (C=O) groups is 1. The summed E-state index contributed by atoms with van der Waals surface area (Å²) in [5, 5.41) is 3.66. The molecule has 0 aliphatic carbocycles. The molecule has 0 bridgehead atoms. The van der Waals surface area contributed by atoms with E-state index in [0.717, 1.165) is 0 Å². The smallest absolute Gasteiger partial charge is 0.290 e. The van der Waals surface area contributed by atoms with Gasteiger partial charge in [0.05, 0.1) is 0 Å². The Morgan fingerprint density at radius 2 is 1.80 bits per heavy atom. The van der Waals surface area contributed by atoms with Crippen LogP contribution in [0.3, 0.4) is 0 Å². The molecule has 1 atom stereocenters. The van der Waals surface area contributed by atoms with Gasteiger partial charge in [-0.15, -0.1) is 0 Å². The normalized spacial score (nSPS) is 12.9. The van der Waals surface area contributed by atoms with Crippen LogP contribution in [0.25, 0.3) is 0 Å². The first-order valence-electron chi connectivity index (χ1n) is 6.27. The molecule has 0 saturated heterocycles. The van der Waals surface area contributed by atoms with Crippen LogP contribution in [-0.2, 0) is 9.53 Å². The van der Waals surface area contributed by atoms with Gasteiger partial charge in [0.25, 0.3) is 12.2 Å². The molecule has 0 fully saturated rings. The van der Waals surface area contributed by atoms with Crippen molar-refractivity contribution < 1.29 is 14.3 Å². The fourth-order valence-corrected chi connectivity index (χ4v) is 1.97. The van der Waals surface area contributed by atoms with Gasteiger partial charge >= 0.3 is 0 Å². The maximum atomic E-state index is 12.1. The molecule has 0 radical (unpaired) electrons. The Hall–Kier alpha value is -0.970. The van der Waals surface area contributed by atoms with Crippen molar-refractivity contribution >= 4 is 29.1 Å². The second-order valence-corrected chi connectivity index (χ2v) is 6.12. The zero-order valence-electron chi connectivity index (χ0n) is 12.0. The van der Waals surface area contributed by atoms with Crippen molar-refractivity contribution in [2.45, 2.75) is 39.5 Å². The van der Waals surface area contributed by atoms with E-state index in [0.29, 0.717) is 22.4 Å². The Bertz CT molecular complexity index is 452. The van der Waals surface area contributed by atoms with Crippen LogP contribution < -0.4 is 10.1 Å². The summed E-state index contributed by atoms with van der Waals surface area (Å²) in [5.74, 6) is 0.0282. The van der Waals surface area contributed by atoms with Crippen LogP contribution in [0.4, 0.5) is 0 Å². The molecule has 0 spiro atoms. The predicted molar refractivity (Wildman–Crippen MR) is 80.4 cm³/mol. The number of hydrogen-bond acceptors (Lipinski definition) is 3. The molecule has 20 heavy (non-hydrogen) atoms. The highest BCUT2D eigenvalue weighted by Crippen LogP contribution is 2.25. The van der Waals surface area contributed by atoms with Crippen LogP contribution in [0.2, 0.25) is 10.0 Å². The van der Waals surface area contributed by atoms with E-state index in [4.69, 9.17) is 32.7 Å². The highest BCUT2D eigenvalue weighted by molar-refractivity contribution is 6.34. The van der Waals surface area contributed by atoms with Crippen LogP contribution in [0.15, 0.2) is 18.2 Å². The zero-order valence-corrected chi connectivity index (χ0v) is 13.5. The summed E-state index contributed by atoms with van der Waals surface area (Å²) >= 11 is 11.8. The lowest BCUT2D eigenvalue weighted by Gasteiger charge is -2.25. The van der Waals surface area contributed by atoms with Crippen molar-refractivity contribution in [2.75, 3.05) is 6.61 Å². The van der Waals surface area contributed by atoms with Crippen molar-refractivity contribution in [3.8, 4) is 5.75 Å². The lowest BCUT2D eigenvalue weighted by atomic mass is 10.1. The lowest BCUT2D eigenvalue weighted by molar-refractivity contribution is -0.153. The third-order valence-corrected chi connectivity index (χ3v) is 2.55. The van der Waals surface area contributed by atoms with Crippen molar-refractivity contribution in [2.24, 2.45) is 0 Å². The largest absolute Gasteiger partial charge is 0.455 e. The van der Waals surface area contributed by atoms with Gasteiger partial charge in [0.15, 0.2) is 0 Å². The molecule has 4 nitrogen and oxygen atoms in total. The Balaban J connectivity index is 2.83. The standard InChI is InChI=1S/C14H19Cl2NO3/c1-5-19-13(12(18)17-14(2,3)4)20-11-7-9(15)6-10(16)8-11/h6-8,13H,5H2,1-4H3,(H,17,18). The molecule has 0 heterocycles. The molecule has 1 aromatic rings. The topological polar surface area (TPSA) is 47.6 Å². The van der Waals surface area contributed by atoms with E-state index >= 15 is 0 Å². The first kappa shape index (κ1) is 17.1. The number of hydrogen-bond donors (Lipinski definition) is 1. The third-order valence-electron chi connectivity index (χ3n) is 2.11. The van der Waals surface area contributed by atoms with Gasteiger partial charge in [0.1, 0.15) is 5.75 Å². The summed E-state index contributed by atoms with van der Waals surface area (Å²) in [6, 6.07) is 4.73. The monoisotopic (exact) mass is 319 g/mol. The minimum atomic E-state index is -1.05. The van der Waals surface area contributed by atoms with Gasteiger partial charge < -0.3 is 14.8 Å². The first-order valence-corrected chi connectivity index (χ1v) is 7.03. The molecule has 6 heteroatoms. The van der Waals surface area contributed by atoms with Crippen molar-refractivity contribution in [3.05, 3.63) is 28.2 Å². The minimum absolute atomic E-state index is 0.344. The summed E-state index contributed by atoms with van der Waals surface area (Å²) in [4.78, 5) is 12.1. The average Bonchev–Trinajstić information content (AvgIpc) is 2.24. The number of benzene rings is 1. The quantitative estimate of drug-likeness (QED) is 0.843. The molecular formula is C14H19Cl2NO3. The summed E-state index contributed by atoms with van der Waals surface area (Å²) in [5.41, 5.74) is -0.373. The van der Waals surface area contributed by atoms with Gasteiger partial charge in [-0.3, -0.25) is 4.79 Å². The summed E-state index contributed by atoms with van der Waals surface area (Å²) in [7, 11) is 0. The van der Waals surface area contributed by atoms with E-state index in [1.54, 1.807) is 25.1 Å². The highest BCUT2D eigenvalue weighted by atomic mass is 35.5. The first-order chi connectivity index (χ1) is 9.21. The molecule has 0 aliphatic heterocycles. The van der Waals surface area contributed by atoms with Crippen LogP contribution in [-0.4, -0.2) is 24.3 Å². The van der Waals surface area contributed by atoms with E-state index < -0.39 is 6.29 Å². The minimum Gasteiger partial charge on any atom is -0.455 e. The maximum Gasteiger partial charge on any atom is 0.290 e. The molecule has 1 amide bonds. The van der Waals surface area contributed by atoms with Gasteiger partial charge in [-0.1, -0.05) is 23.2 Å². The average molecular weight is 320 g/mol. The van der Waals surface area contributed by atoms with Gasteiger partial charge in [-0.05, 0) is 45.9 Å². The highest BCUT2D eigenvalue weighted by Gasteiger charge is 2.25. The van der Waals surface area contributed by atoms with Crippen LogP contribution in [0.1, 0.15) is 27.7 Å².